The van der Waals surface area contributed by atoms with Gasteiger partial charge in [-0.3, -0.25) is 4.90 Å². The molecule has 0 saturated carbocycles. The molecule has 0 aliphatic carbocycles. The lowest BCUT2D eigenvalue weighted by Crippen LogP contribution is -2.51. The second kappa shape index (κ2) is 10.1. The standard InChI is InChI=1S/C29H33F5N8O/c1-14-8-19(35)38-24(21(14)29(32,33)34)25-22(31)23-20(15(2)36-25)26(41-11-17-4-5-18(12-41)37-17)40-27(39-23)43-13-28-6-3-7-42(28)10-16(30)9-28/h8,16-18,37H,3-7,9-13H2,1-2H3,(H2,35,38)/t16-,17?,18?,28+/m1/s1. The number of aromatic nitrogens is 4. The SMILES string of the molecule is Cc1cc(N)nc(-c2nc(C)c3c(N4CC5CCC(C4)N5)nc(OC[C@@]45CCCN4C[C@H](F)C5)nc3c2F)c1C(F)(F)F. The van der Waals surface area contributed by atoms with Crippen molar-refractivity contribution in [3.63, 3.8) is 0 Å². The molecule has 4 fully saturated rings. The highest BCUT2D eigenvalue weighted by atomic mass is 19.4. The van der Waals surface area contributed by atoms with E-state index in [1.807, 2.05) is 4.90 Å². The highest BCUT2D eigenvalue weighted by Crippen LogP contribution is 2.43. The fraction of sp³-hybridized carbons (Fsp3) is 0.586. The highest BCUT2D eigenvalue weighted by Gasteiger charge is 2.49. The maximum Gasteiger partial charge on any atom is 0.418 e. The number of alkyl halides is 4. The number of aryl methyl sites for hydroxylation is 2. The molecule has 2 unspecified atom stereocenters. The average Bonchev–Trinajstić information content (AvgIpc) is 3.58. The molecule has 0 spiro atoms. The number of nitrogens with zero attached hydrogens (tertiary/aromatic N) is 6. The molecule has 4 atom stereocenters. The molecule has 230 valence electrons. The van der Waals surface area contributed by atoms with E-state index in [0.717, 1.165) is 38.3 Å². The zero-order chi connectivity index (χ0) is 30.3. The Bertz CT molecular complexity index is 1590. The molecule has 4 saturated heterocycles. The zero-order valence-electron chi connectivity index (χ0n) is 23.9. The van der Waals surface area contributed by atoms with E-state index in [1.165, 1.54) is 6.92 Å². The fourth-order valence-corrected chi connectivity index (χ4v) is 7.60. The normalized spacial score (nSPS) is 27.3. The van der Waals surface area contributed by atoms with Gasteiger partial charge in [-0.15, -0.1) is 0 Å². The molecule has 4 aliphatic rings. The largest absolute Gasteiger partial charge is 0.461 e. The molecule has 3 aromatic rings. The molecule has 0 amide bonds. The third-order valence-electron chi connectivity index (χ3n) is 9.42. The van der Waals surface area contributed by atoms with Gasteiger partial charge in [-0.2, -0.15) is 23.1 Å². The first-order valence-electron chi connectivity index (χ1n) is 14.7. The van der Waals surface area contributed by atoms with Gasteiger partial charge in [-0.1, -0.05) is 0 Å². The lowest BCUT2D eigenvalue weighted by atomic mass is 9.95. The van der Waals surface area contributed by atoms with E-state index < -0.39 is 40.7 Å². The number of anilines is 2. The van der Waals surface area contributed by atoms with E-state index in [9.17, 15) is 17.6 Å². The quantitative estimate of drug-likeness (QED) is 0.412. The molecular weight excluding hydrogens is 571 g/mol. The Morgan fingerprint density at radius 2 is 1.81 bits per heavy atom. The number of hydrogen-bond acceptors (Lipinski definition) is 9. The lowest BCUT2D eigenvalue weighted by Gasteiger charge is -2.35. The summed E-state index contributed by atoms with van der Waals surface area (Å²) in [4.78, 5) is 21.5. The second-order valence-corrected chi connectivity index (χ2v) is 12.4. The molecule has 2 bridgehead atoms. The smallest absolute Gasteiger partial charge is 0.418 e. The minimum atomic E-state index is -4.83. The number of nitrogen functional groups attached to an aromatic ring is 1. The molecule has 7 heterocycles. The Morgan fingerprint density at radius 1 is 1.07 bits per heavy atom. The van der Waals surface area contributed by atoms with Crippen LogP contribution in [0.4, 0.5) is 33.6 Å². The van der Waals surface area contributed by atoms with Crippen molar-refractivity contribution in [2.75, 3.05) is 43.4 Å². The van der Waals surface area contributed by atoms with Crippen molar-refractivity contribution in [1.29, 1.82) is 0 Å². The van der Waals surface area contributed by atoms with Gasteiger partial charge < -0.3 is 20.7 Å². The van der Waals surface area contributed by atoms with Crippen molar-refractivity contribution in [3.05, 3.63) is 28.7 Å². The number of halogens is 5. The fourth-order valence-electron chi connectivity index (χ4n) is 7.60. The molecule has 3 N–H and O–H groups in total. The number of nitrogens with one attached hydrogen (secondary N) is 1. The number of rotatable bonds is 5. The minimum Gasteiger partial charge on any atom is -0.461 e. The highest BCUT2D eigenvalue weighted by molar-refractivity contribution is 5.94. The minimum absolute atomic E-state index is 0.111. The van der Waals surface area contributed by atoms with Crippen molar-refractivity contribution in [1.82, 2.24) is 30.2 Å². The number of piperazine rings is 1. The summed E-state index contributed by atoms with van der Waals surface area (Å²) in [6, 6.07) is 1.44. The van der Waals surface area contributed by atoms with Gasteiger partial charge in [0.25, 0.3) is 0 Å². The molecule has 9 nitrogen and oxygen atoms in total. The molecule has 3 aromatic heterocycles. The average molecular weight is 605 g/mol. The van der Waals surface area contributed by atoms with E-state index in [1.54, 1.807) is 6.92 Å². The van der Waals surface area contributed by atoms with Crippen LogP contribution in [0.3, 0.4) is 0 Å². The van der Waals surface area contributed by atoms with Crippen LogP contribution in [0, 0.1) is 19.7 Å². The van der Waals surface area contributed by atoms with Gasteiger partial charge in [-0.05, 0) is 57.7 Å². The van der Waals surface area contributed by atoms with Crippen LogP contribution < -0.4 is 20.7 Å². The summed E-state index contributed by atoms with van der Waals surface area (Å²) in [5.41, 5.74) is 2.77. The van der Waals surface area contributed by atoms with Crippen molar-refractivity contribution < 1.29 is 26.7 Å². The van der Waals surface area contributed by atoms with E-state index in [2.05, 4.69) is 25.2 Å². The van der Waals surface area contributed by atoms with Gasteiger partial charge in [0.1, 0.15) is 41.3 Å². The first-order chi connectivity index (χ1) is 20.4. The van der Waals surface area contributed by atoms with Gasteiger partial charge in [-0.25, -0.2) is 18.7 Å². The summed E-state index contributed by atoms with van der Waals surface area (Å²) < 4.78 is 79.6. The van der Waals surface area contributed by atoms with E-state index >= 15 is 4.39 Å². The number of nitrogens with two attached hydrogens (primary N) is 1. The molecule has 14 heteroatoms. The Kier molecular flexibility index (Phi) is 6.65. The summed E-state index contributed by atoms with van der Waals surface area (Å²) in [5.74, 6) is -0.844. The molecule has 43 heavy (non-hydrogen) atoms. The number of fused-ring (bicyclic) bond motifs is 4. The Morgan fingerprint density at radius 3 is 2.53 bits per heavy atom. The third-order valence-corrected chi connectivity index (χ3v) is 9.42. The summed E-state index contributed by atoms with van der Waals surface area (Å²) in [6.45, 7) is 5.30. The van der Waals surface area contributed by atoms with Gasteiger partial charge in [0.2, 0.25) is 0 Å². The first-order valence-corrected chi connectivity index (χ1v) is 14.7. The third kappa shape index (κ3) is 4.82. The van der Waals surface area contributed by atoms with Crippen LogP contribution in [0.15, 0.2) is 6.07 Å². The van der Waals surface area contributed by atoms with E-state index in [0.29, 0.717) is 37.3 Å². The van der Waals surface area contributed by atoms with Crippen molar-refractivity contribution in [2.45, 2.75) is 75.9 Å². The summed E-state index contributed by atoms with van der Waals surface area (Å²) in [6.07, 6.45) is -1.79. The monoisotopic (exact) mass is 604 g/mol. The van der Waals surface area contributed by atoms with Gasteiger partial charge in [0.15, 0.2) is 5.82 Å². The van der Waals surface area contributed by atoms with Gasteiger partial charge >= 0.3 is 12.2 Å². The summed E-state index contributed by atoms with van der Waals surface area (Å²) >= 11 is 0. The van der Waals surface area contributed by atoms with Crippen LogP contribution >= 0.6 is 0 Å². The van der Waals surface area contributed by atoms with Crippen molar-refractivity contribution in [2.24, 2.45) is 0 Å². The van der Waals surface area contributed by atoms with Crippen LogP contribution in [0.2, 0.25) is 0 Å². The molecule has 0 aromatic carbocycles. The maximum absolute atomic E-state index is 16.5. The summed E-state index contributed by atoms with van der Waals surface area (Å²) in [5, 5.41) is 3.86. The predicted octanol–water partition coefficient (Wildman–Crippen LogP) is 4.34. The zero-order valence-corrected chi connectivity index (χ0v) is 23.9. The molecule has 4 aliphatic heterocycles. The number of pyridine rings is 2. The van der Waals surface area contributed by atoms with Crippen LogP contribution in [0.1, 0.15) is 48.9 Å². The maximum atomic E-state index is 16.5. The van der Waals surface area contributed by atoms with Crippen LogP contribution in [-0.2, 0) is 6.18 Å². The molecule has 7 rings (SSSR count). The van der Waals surface area contributed by atoms with Crippen LogP contribution in [-0.4, -0.2) is 81.4 Å². The van der Waals surface area contributed by atoms with E-state index in [4.69, 9.17) is 15.5 Å². The summed E-state index contributed by atoms with van der Waals surface area (Å²) in [7, 11) is 0. The van der Waals surface area contributed by atoms with Crippen molar-refractivity contribution >= 4 is 22.5 Å². The van der Waals surface area contributed by atoms with E-state index in [-0.39, 0.29) is 47.3 Å². The van der Waals surface area contributed by atoms with Crippen LogP contribution in [0.5, 0.6) is 6.01 Å². The van der Waals surface area contributed by atoms with Gasteiger partial charge in [0.05, 0.1) is 22.2 Å². The Labute approximate surface area is 245 Å². The van der Waals surface area contributed by atoms with Crippen molar-refractivity contribution in [3.8, 4) is 17.4 Å². The lowest BCUT2D eigenvalue weighted by molar-refractivity contribution is -0.137. The number of ether oxygens (including phenoxy) is 1. The second-order valence-electron chi connectivity index (χ2n) is 12.4. The van der Waals surface area contributed by atoms with Crippen LogP contribution in [0.25, 0.3) is 22.3 Å². The molecule has 0 radical (unpaired) electrons. The predicted molar refractivity (Wildman–Crippen MR) is 150 cm³/mol. The first kappa shape index (κ1) is 28.4. The molecular formula is C29H33F5N8O. The Balaban J connectivity index is 1.38. The Hall–Kier alpha value is -3.39. The number of hydrogen-bond donors (Lipinski definition) is 2. The van der Waals surface area contributed by atoms with Gasteiger partial charge in [0, 0.05) is 38.1 Å². The topological polar surface area (TPSA) is 105 Å².